The van der Waals surface area contributed by atoms with Crippen molar-refractivity contribution in [2.24, 2.45) is 5.41 Å². The first-order valence-corrected chi connectivity index (χ1v) is 8.13. The van der Waals surface area contributed by atoms with Crippen molar-refractivity contribution in [3.05, 3.63) is 43.0 Å². The molecule has 94 valence electrons. The van der Waals surface area contributed by atoms with Crippen LogP contribution in [0.1, 0.15) is 20.8 Å². The molecule has 1 rings (SSSR count). The van der Waals surface area contributed by atoms with Gasteiger partial charge in [-0.05, 0) is 0 Å². The number of benzene rings is 1. The van der Waals surface area contributed by atoms with E-state index in [4.69, 9.17) is 0 Å². The van der Waals surface area contributed by atoms with Gasteiger partial charge in [-0.25, -0.2) is 0 Å². The van der Waals surface area contributed by atoms with E-state index in [1.807, 2.05) is 6.08 Å². The Morgan fingerprint density at radius 1 is 1.29 bits per heavy atom. The van der Waals surface area contributed by atoms with Crippen LogP contribution in [0.4, 0.5) is 0 Å². The zero-order valence-electron chi connectivity index (χ0n) is 11.1. The molecule has 0 heterocycles. The van der Waals surface area contributed by atoms with Gasteiger partial charge in [-0.3, -0.25) is 0 Å². The topological polar surface area (TPSA) is 12.0 Å². The molecule has 17 heavy (non-hydrogen) atoms. The third-order valence-corrected chi connectivity index (χ3v) is 5.03. The minimum absolute atomic E-state index is 0.305. The first-order valence-electron chi connectivity index (χ1n) is 6.06. The van der Waals surface area contributed by atoms with Crippen LogP contribution < -0.4 is 9.78 Å². The fourth-order valence-electron chi connectivity index (χ4n) is 1.54. The molecule has 0 aliphatic rings. The molecule has 1 N–H and O–H groups in total. The summed E-state index contributed by atoms with van der Waals surface area (Å²) in [5.74, 6) is 0. The van der Waals surface area contributed by atoms with Crippen LogP contribution in [0, 0.1) is 5.41 Å². The van der Waals surface area contributed by atoms with Crippen molar-refractivity contribution < 1.29 is 0 Å². The summed E-state index contributed by atoms with van der Waals surface area (Å²) in [5.41, 5.74) is 0.305. The molecular weight excluding hydrogens is 273 g/mol. The van der Waals surface area contributed by atoms with Gasteiger partial charge >= 0.3 is 112 Å². The molecule has 1 unspecified atom stereocenters. The Morgan fingerprint density at radius 2 is 1.94 bits per heavy atom. The standard InChI is InChI=1S/C15H23NSe/c1-5-11-16-14(15(2,3)4)12-17-13-9-7-6-8-10-13/h5-10,14,16H,1,11-12H2,2-4H3. The molecule has 1 nitrogen and oxygen atoms in total. The van der Waals surface area contributed by atoms with Gasteiger partial charge in [0.05, 0.1) is 0 Å². The molecule has 0 spiro atoms. The van der Waals surface area contributed by atoms with Crippen LogP contribution in [0.3, 0.4) is 0 Å². The zero-order valence-corrected chi connectivity index (χ0v) is 12.8. The van der Waals surface area contributed by atoms with Gasteiger partial charge in [-0.1, -0.05) is 0 Å². The molecule has 0 amide bonds. The van der Waals surface area contributed by atoms with Gasteiger partial charge in [0, 0.05) is 0 Å². The molecule has 0 radical (unpaired) electrons. The van der Waals surface area contributed by atoms with E-state index in [-0.39, 0.29) is 0 Å². The summed E-state index contributed by atoms with van der Waals surface area (Å²) >= 11 is 0.549. The van der Waals surface area contributed by atoms with Gasteiger partial charge in [0.25, 0.3) is 0 Å². The second-order valence-electron chi connectivity index (χ2n) is 5.24. The van der Waals surface area contributed by atoms with E-state index in [2.05, 4.69) is 63.0 Å². The summed E-state index contributed by atoms with van der Waals surface area (Å²) in [4.78, 5) is 0. The molecule has 0 aromatic heterocycles. The van der Waals surface area contributed by atoms with Gasteiger partial charge < -0.3 is 0 Å². The number of nitrogens with one attached hydrogen (secondary N) is 1. The van der Waals surface area contributed by atoms with Crippen molar-refractivity contribution >= 4 is 19.4 Å². The molecule has 0 aliphatic heterocycles. The molecule has 1 atom stereocenters. The quantitative estimate of drug-likeness (QED) is 0.628. The first kappa shape index (κ1) is 14.5. The van der Waals surface area contributed by atoms with E-state index in [1.54, 1.807) is 0 Å². The Hall–Kier alpha value is -0.561. The van der Waals surface area contributed by atoms with Crippen LogP contribution in [0.2, 0.25) is 5.32 Å². The third kappa shape index (κ3) is 5.54. The van der Waals surface area contributed by atoms with E-state index >= 15 is 0 Å². The van der Waals surface area contributed by atoms with E-state index in [0.717, 1.165) is 6.54 Å². The zero-order chi connectivity index (χ0) is 12.7. The van der Waals surface area contributed by atoms with Gasteiger partial charge in [0.2, 0.25) is 0 Å². The van der Waals surface area contributed by atoms with E-state index < -0.39 is 0 Å². The van der Waals surface area contributed by atoms with Crippen LogP contribution in [-0.2, 0) is 0 Å². The molecule has 1 aromatic rings. The molecule has 2 heteroatoms. The Labute approximate surface area is 112 Å². The third-order valence-electron chi connectivity index (χ3n) is 2.71. The number of rotatable bonds is 6. The second-order valence-corrected chi connectivity index (χ2v) is 7.53. The molecule has 0 aliphatic carbocycles. The van der Waals surface area contributed by atoms with Crippen LogP contribution in [0.25, 0.3) is 0 Å². The predicted molar refractivity (Wildman–Crippen MR) is 78.1 cm³/mol. The Bertz CT molecular complexity index is 327. The monoisotopic (exact) mass is 297 g/mol. The summed E-state index contributed by atoms with van der Waals surface area (Å²) in [7, 11) is 0. The van der Waals surface area contributed by atoms with E-state index in [0.29, 0.717) is 26.4 Å². The van der Waals surface area contributed by atoms with Crippen molar-refractivity contribution in [3.63, 3.8) is 0 Å². The summed E-state index contributed by atoms with van der Waals surface area (Å²) < 4.78 is 1.48. The maximum absolute atomic E-state index is 3.78. The number of hydrogen-bond acceptors (Lipinski definition) is 1. The number of hydrogen-bond donors (Lipinski definition) is 1. The maximum atomic E-state index is 3.78. The molecule has 0 saturated carbocycles. The van der Waals surface area contributed by atoms with Crippen LogP contribution >= 0.6 is 0 Å². The first-order chi connectivity index (χ1) is 8.04. The van der Waals surface area contributed by atoms with Crippen LogP contribution in [0.5, 0.6) is 0 Å². The van der Waals surface area contributed by atoms with Crippen molar-refractivity contribution in [1.82, 2.24) is 5.32 Å². The second kappa shape index (κ2) is 7.00. The van der Waals surface area contributed by atoms with Gasteiger partial charge in [-0.15, -0.1) is 0 Å². The average molecular weight is 296 g/mol. The molecule has 0 fully saturated rings. The fourth-order valence-corrected chi connectivity index (χ4v) is 4.32. The summed E-state index contributed by atoms with van der Waals surface area (Å²) in [6.07, 6.45) is 1.94. The van der Waals surface area contributed by atoms with Crippen molar-refractivity contribution in [2.45, 2.75) is 32.1 Å². The van der Waals surface area contributed by atoms with Crippen LogP contribution in [-0.4, -0.2) is 27.5 Å². The fraction of sp³-hybridized carbons (Fsp3) is 0.467. The molecular formula is C15H23NSe. The Morgan fingerprint density at radius 3 is 2.47 bits per heavy atom. The van der Waals surface area contributed by atoms with Crippen LogP contribution in [0.15, 0.2) is 43.0 Å². The average Bonchev–Trinajstić information content (AvgIpc) is 2.29. The van der Waals surface area contributed by atoms with Gasteiger partial charge in [-0.2, -0.15) is 0 Å². The van der Waals surface area contributed by atoms with E-state index in [1.165, 1.54) is 9.78 Å². The van der Waals surface area contributed by atoms with Crippen molar-refractivity contribution in [3.8, 4) is 0 Å². The Balaban J connectivity index is 2.52. The van der Waals surface area contributed by atoms with Crippen molar-refractivity contribution in [2.75, 3.05) is 6.54 Å². The normalized spacial score (nSPS) is 13.4. The van der Waals surface area contributed by atoms with Crippen molar-refractivity contribution in [1.29, 1.82) is 0 Å². The van der Waals surface area contributed by atoms with E-state index in [9.17, 15) is 0 Å². The minimum atomic E-state index is 0.305. The molecule has 0 bridgehead atoms. The summed E-state index contributed by atoms with van der Waals surface area (Å²) in [6.45, 7) is 11.6. The summed E-state index contributed by atoms with van der Waals surface area (Å²) in [5, 5.41) is 4.81. The van der Waals surface area contributed by atoms with Gasteiger partial charge in [0.15, 0.2) is 0 Å². The Kier molecular flexibility index (Phi) is 5.97. The molecule has 1 aromatic carbocycles. The summed E-state index contributed by atoms with van der Waals surface area (Å²) in [6, 6.07) is 11.3. The predicted octanol–water partition coefficient (Wildman–Crippen LogP) is 2.62. The molecule has 0 saturated heterocycles. The SMILES string of the molecule is C=CCNC(C[Se]c1ccccc1)C(C)(C)C. The van der Waals surface area contributed by atoms with Gasteiger partial charge in [0.1, 0.15) is 0 Å².